The Kier molecular flexibility index (Phi) is 11.7. The zero-order valence-electron chi connectivity index (χ0n) is 29.9. The van der Waals surface area contributed by atoms with Crippen molar-refractivity contribution in [1.29, 1.82) is 0 Å². The topological polar surface area (TPSA) is 171 Å². The number of halogens is 1. The predicted molar refractivity (Wildman–Crippen MR) is 195 cm³/mol. The molecule has 0 aliphatic carbocycles. The fourth-order valence-corrected chi connectivity index (χ4v) is 6.05. The number of likely N-dealkylation sites (N-methyl/N-ethyl adjacent to an activating group) is 1. The maximum Gasteiger partial charge on any atom is 0.424 e. The van der Waals surface area contributed by atoms with Crippen LogP contribution in [-0.4, -0.2) is 74.2 Å². The number of pyridine rings is 1. The maximum absolute atomic E-state index is 13.6. The first-order valence-corrected chi connectivity index (χ1v) is 18.3. The second-order valence-corrected chi connectivity index (χ2v) is 14.4. The third kappa shape index (κ3) is 8.96. The summed E-state index contributed by atoms with van der Waals surface area (Å²) in [7, 11) is -0.703. The molecule has 2 N–H and O–H groups in total. The molecule has 53 heavy (non-hydrogen) atoms. The Bertz CT molecular complexity index is 2230. The molecule has 0 fully saturated rings. The van der Waals surface area contributed by atoms with E-state index < -0.39 is 40.7 Å². The smallest absolute Gasteiger partial charge is 0.424 e. The monoisotopic (exact) mass is 746 g/mol. The molecule has 16 heteroatoms. The maximum atomic E-state index is 13.6. The minimum absolute atomic E-state index is 0.00992. The second kappa shape index (κ2) is 16.2. The minimum Gasteiger partial charge on any atom is -0.495 e. The molecular formula is C37H39FN6O8S. The number of sulfone groups is 1. The summed E-state index contributed by atoms with van der Waals surface area (Å²) in [6.07, 6.45) is 1.70. The van der Waals surface area contributed by atoms with Crippen LogP contribution in [0.15, 0.2) is 90.0 Å². The summed E-state index contributed by atoms with van der Waals surface area (Å²) in [4.78, 5) is 44.5. The van der Waals surface area contributed by atoms with Gasteiger partial charge in [0.25, 0.3) is 5.95 Å². The molecule has 0 radical (unpaired) electrons. The van der Waals surface area contributed by atoms with Crippen molar-refractivity contribution in [2.75, 3.05) is 37.4 Å². The Hall–Kier alpha value is -5.87. The van der Waals surface area contributed by atoms with Crippen molar-refractivity contribution in [3.8, 4) is 16.9 Å². The first kappa shape index (κ1) is 38.4. The Morgan fingerprint density at radius 1 is 0.925 bits per heavy atom. The summed E-state index contributed by atoms with van der Waals surface area (Å²) >= 11 is 0. The lowest BCUT2D eigenvalue weighted by Gasteiger charge is -2.22. The fraction of sp³-hybridized carbons (Fsp3) is 0.270. The summed E-state index contributed by atoms with van der Waals surface area (Å²) in [6, 6.07) is 19.7. The first-order chi connectivity index (χ1) is 25.2. The second-order valence-electron chi connectivity index (χ2n) is 12.4. The van der Waals surface area contributed by atoms with Gasteiger partial charge >= 0.3 is 12.1 Å². The third-order valence-corrected chi connectivity index (χ3v) is 9.50. The van der Waals surface area contributed by atoms with Crippen LogP contribution in [0.3, 0.4) is 0 Å². The molecule has 0 unspecified atom stereocenters. The zero-order valence-corrected chi connectivity index (χ0v) is 30.7. The van der Waals surface area contributed by atoms with E-state index in [0.717, 1.165) is 22.3 Å². The molecular weight excluding hydrogens is 708 g/mol. The van der Waals surface area contributed by atoms with Crippen LogP contribution in [0.5, 0.6) is 5.75 Å². The van der Waals surface area contributed by atoms with Crippen LogP contribution in [0.2, 0.25) is 0 Å². The van der Waals surface area contributed by atoms with Gasteiger partial charge in [0.15, 0.2) is 15.5 Å². The average Bonchev–Trinajstić information content (AvgIpc) is 3.54. The van der Waals surface area contributed by atoms with E-state index in [2.05, 4.69) is 20.7 Å². The molecule has 0 bridgehead atoms. The molecule has 14 nitrogen and oxygen atoms in total. The van der Waals surface area contributed by atoms with E-state index in [1.54, 1.807) is 56.6 Å². The number of anilines is 3. The van der Waals surface area contributed by atoms with E-state index >= 15 is 0 Å². The number of aromatic nitrogens is 3. The number of benzene rings is 3. The highest BCUT2D eigenvalue weighted by atomic mass is 32.2. The number of esters is 1. The molecule has 0 aliphatic heterocycles. The number of carbonyl (C=O) groups excluding carboxylic acids is 3. The van der Waals surface area contributed by atoms with E-state index in [1.807, 2.05) is 26.0 Å². The molecule has 2 heterocycles. The largest absolute Gasteiger partial charge is 0.495 e. The third-order valence-electron chi connectivity index (χ3n) is 8.39. The number of methoxy groups -OCH3 is 1. The zero-order chi connectivity index (χ0) is 38.4. The van der Waals surface area contributed by atoms with Crippen molar-refractivity contribution < 1.29 is 41.4 Å². The van der Waals surface area contributed by atoms with E-state index in [0.29, 0.717) is 16.9 Å². The SMILES string of the molecule is CN[C@H](C(=O)OCOC(=O)N(c1nc2ccc(-c3ccc(NC(=O)[C@H](C)c4ccc(F)cc4)cc3)cn2n1)c1ccc(S(C)(=O)=O)cc1OC)C(C)C. The molecule has 2 aromatic heterocycles. The highest BCUT2D eigenvalue weighted by molar-refractivity contribution is 7.90. The molecule has 278 valence electrons. The number of nitrogens with one attached hydrogen (secondary N) is 2. The average molecular weight is 747 g/mol. The van der Waals surface area contributed by atoms with E-state index in [9.17, 15) is 27.2 Å². The summed E-state index contributed by atoms with van der Waals surface area (Å²) < 4.78 is 55.3. The van der Waals surface area contributed by atoms with Crippen LogP contribution >= 0.6 is 0 Å². The number of fused-ring (bicyclic) bond motifs is 1. The van der Waals surface area contributed by atoms with Gasteiger partial charge in [0.05, 0.1) is 23.6 Å². The van der Waals surface area contributed by atoms with E-state index in [1.165, 1.54) is 42.0 Å². The number of nitrogens with zero attached hydrogens (tertiary/aromatic N) is 4. The lowest BCUT2D eigenvalue weighted by Crippen LogP contribution is -2.40. The van der Waals surface area contributed by atoms with Crippen LogP contribution < -0.4 is 20.3 Å². The van der Waals surface area contributed by atoms with Crippen LogP contribution in [0.4, 0.5) is 26.5 Å². The van der Waals surface area contributed by atoms with Gasteiger partial charge in [0.2, 0.25) is 12.7 Å². The molecule has 0 saturated carbocycles. The van der Waals surface area contributed by atoms with Crippen molar-refractivity contribution in [2.45, 2.75) is 37.6 Å². The van der Waals surface area contributed by atoms with Crippen LogP contribution in [-0.2, 0) is 28.9 Å². The number of ether oxygens (including phenoxy) is 3. The normalized spacial score (nSPS) is 12.6. The van der Waals surface area contributed by atoms with E-state index in [4.69, 9.17) is 14.2 Å². The highest BCUT2D eigenvalue weighted by Crippen LogP contribution is 2.35. The molecule has 3 aromatic carbocycles. The standard InChI is InChI=1S/C37H39FN6O8S/c1-22(2)33(39-4)35(46)51-21-52-37(47)44(30-17-16-29(53(6,48)49)19-31(30)50-5)36-41-32-18-11-26(20-43(32)42-36)25-9-14-28(15-10-25)40-34(45)23(3)24-7-12-27(38)13-8-24/h7-20,22-23,33,39H,21H2,1-6H3,(H,40,45)/t23-,33+/m1/s1. The van der Waals surface area contributed by atoms with Gasteiger partial charge < -0.3 is 24.8 Å². The first-order valence-electron chi connectivity index (χ1n) is 16.4. The van der Waals surface area contributed by atoms with Crippen molar-refractivity contribution in [2.24, 2.45) is 5.92 Å². The number of carbonyl (C=O) groups is 3. The number of amides is 2. The molecule has 0 saturated heterocycles. The summed E-state index contributed by atoms with van der Waals surface area (Å²) in [5.74, 6) is -1.97. The van der Waals surface area contributed by atoms with Gasteiger partial charge in [-0.15, -0.1) is 5.10 Å². The van der Waals surface area contributed by atoms with Gasteiger partial charge in [-0.25, -0.2) is 27.0 Å². The summed E-state index contributed by atoms with van der Waals surface area (Å²) in [6.45, 7) is 4.68. The molecule has 2 atom stereocenters. The highest BCUT2D eigenvalue weighted by Gasteiger charge is 2.29. The number of rotatable bonds is 13. The lowest BCUT2D eigenvalue weighted by molar-refractivity contribution is -0.155. The van der Waals surface area contributed by atoms with Crippen LogP contribution in [0, 0.1) is 11.7 Å². The van der Waals surface area contributed by atoms with Crippen LogP contribution in [0.25, 0.3) is 16.8 Å². The predicted octanol–water partition coefficient (Wildman–Crippen LogP) is 5.71. The van der Waals surface area contributed by atoms with Gasteiger partial charge in [0.1, 0.15) is 17.6 Å². The Morgan fingerprint density at radius 2 is 1.60 bits per heavy atom. The Labute approximate surface area is 305 Å². The quantitative estimate of drug-likeness (QED) is 0.112. The van der Waals surface area contributed by atoms with Crippen LogP contribution in [0.1, 0.15) is 32.3 Å². The minimum atomic E-state index is -3.63. The molecule has 0 spiro atoms. The molecule has 5 rings (SSSR count). The van der Waals surface area contributed by atoms with Crippen molar-refractivity contribution in [1.82, 2.24) is 19.9 Å². The Morgan fingerprint density at radius 3 is 2.23 bits per heavy atom. The number of hydrogen-bond donors (Lipinski definition) is 2. The van der Waals surface area contributed by atoms with Crippen molar-refractivity contribution in [3.05, 3.63) is 96.4 Å². The van der Waals surface area contributed by atoms with Gasteiger partial charge in [-0.2, -0.15) is 4.98 Å². The lowest BCUT2D eigenvalue weighted by atomic mass is 10.00. The molecule has 0 aliphatic rings. The van der Waals surface area contributed by atoms with Crippen molar-refractivity contribution in [3.63, 3.8) is 0 Å². The van der Waals surface area contributed by atoms with Gasteiger partial charge in [-0.05, 0) is 79.5 Å². The fourth-order valence-electron chi connectivity index (χ4n) is 5.41. The van der Waals surface area contributed by atoms with Gasteiger partial charge in [0, 0.05) is 29.8 Å². The van der Waals surface area contributed by atoms with Gasteiger partial charge in [-0.1, -0.05) is 38.1 Å². The number of hydrogen-bond acceptors (Lipinski definition) is 11. The molecule has 5 aromatic rings. The van der Waals surface area contributed by atoms with Gasteiger partial charge in [-0.3, -0.25) is 9.59 Å². The molecule has 2 amide bonds. The van der Waals surface area contributed by atoms with E-state index in [-0.39, 0.29) is 39.9 Å². The summed E-state index contributed by atoms with van der Waals surface area (Å²) in [5.41, 5.74) is 3.18. The van der Waals surface area contributed by atoms with Crippen molar-refractivity contribution >= 4 is 50.8 Å². The Balaban J connectivity index is 1.41. The summed E-state index contributed by atoms with van der Waals surface area (Å²) in [5, 5.41) is 10.3.